The minimum Gasteiger partial charge on any atom is -0.446 e. The van der Waals surface area contributed by atoms with E-state index in [4.69, 9.17) is 10.5 Å². The lowest BCUT2D eigenvalue weighted by molar-refractivity contribution is -0.274. The minimum absolute atomic E-state index is 0.298. The van der Waals surface area contributed by atoms with Crippen LogP contribution in [0, 0.1) is 5.41 Å². The molecule has 134 valence electrons. The molecule has 0 amide bonds. The predicted molar refractivity (Wildman–Crippen MR) is 80.9 cm³/mol. The standard InChI is InChI=1S/C16H21F3N2O3/c1-15(2,3)14(22)23-12-8-11(20)13(21-12)9-4-6-10(7-5-9)24-16(17,18)19/h4-7,11-13,21H,8,20H2,1-3H3. The first kappa shape index (κ1) is 18.5. The molecule has 3 unspecified atom stereocenters. The lowest BCUT2D eigenvalue weighted by Gasteiger charge is -2.21. The highest BCUT2D eigenvalue weighted by atomic mass is 19.4. The first-order valence-corrected chi connectivity index (χ1v) is 7.54. The second-order valence-corrected chi connectivity index (χ2v) is 6.80. The SMILES string of the molecule is CC(C)(C)C(=O)OC1CC(N)C(c2ccc(OC(F)(F)F)cc2)N1. The van der Waals surface area contributed by atoms with E-state index in [1.807, 2.05) is 0 Å². The topological polar surface area (TPSA) is 73.6 Å². The maximum absolute atomic E-state index is 12.2. The van der Waals surface area contributed by atoms with E-state index in [1.54, 1.807) is 20.8 Å². The largest absolute Gasteiger partial charge is 0.573 e. The molecule has 0 bridgehead atoms. The van der Waals surface area contributed by atoms with Gasteiger partial charge < -0.3 is 15.2 Å². The zero-order valence-corrected chi connectivity index (χ0v) is 13.7. The molecule has 0 radical (unpaired) electrons. The molecule has 0 aromatic heterocycles. The summed E-state index contributed by atoms with van der Waals surface area (Å²) in [5.41, 5.74) is 6.14. The van der Waals surface area contributed by atoms with Gasteiger partial charge in [0.05, 0.1) is 11.5 Å². The van der Waals surface area contributed by atoms with Crippen molar-refractivity contribution in [3.8, 4) is 5.75 Å². The number of carbonyl (C=O) groups excluding carboxylic acids is 1. The van der Waals surface area contributed by atoms with Crippen LogP contribution in [-0.2, 0) is 9.53 Å². The summed E-state index contributed by atoms with van der Waals surface area (Å²) in [4.78, 5) is 11.9. The summed E-state index contributed by atoms with van der Waals surface area (Å²) in [7, 11) is 0. The van der Waals surface area contributed by atoms with E-state index in [1.165, 1.54) is 24.3 Å². The monoisotopic (exact) mass is 346 g/mol. The summed E-state index contributed by atoms with van der Waals surface area (Å²) in [6.45, 7) is 5.25. The second-order valence-electron chi connectivity index (χ2n) is 6.80. The fourth-order valence-corrected chi connectivity index (χ4v) is 2.38. The van der Waals surface area contributed by atoms with Gasteiger partial charge in [-0.1, -0.05) is 12.1 Å². The van der Waals surface area contributed by atoms with E-state index in [-0.39, 0.29) is 23.8 Å². The molecule has 5 nitrogen and oxygen atoms in total. The molecule has 8 heteroatoms. The lowest BCUT2D eigenvalue weighted by Crippen LogP contribution is -2.34. The summed E-state index contributed by atoms with van der Waals surface area (Å²) >= 11 is 0. The summed E-state index contributed by atoms with van der Waals surface area (Å²) < 4.78 is 45.7. The van der Waals surface area contributed by atoms with Crippen LogP contribution in [0.25, 0.3) is 0 Å². The molecule has 1 heterocycles. The van der Waals surface area contributed by atoms with Crippen molar-refractivity contribution >= 4 is 5.97 Å². The zero-order valence-electron chi connectivity index (χ0n) is 13.7. The van der Waals surface area contributed by atoms with E-state index in [2.05, 4.69) is 10.1 Å². The third kappa shape index (κ3) is 4.85. The summed E-state index contributed by atoms with van der Waals surface area (Å²) in [5, 5.41) is 3.10. The fourth-order valence-electron chi connectivity index (χ4n) is 2.38. The molecule has 1 aliphatic heterocycles. The van der Waals surface area contributed by atoms with Gasteiger partial charge in [-0.05, 0) is 38.5 Å². The van der Waals surface area contributed by atoms with Crippen molar-refractivity contribution in [1.82, 2.24) is 5.32 Å². The Morgan fingerprint density at radius 3 is 2.29 bits per heavy atom. The van der Waals surface area contributed by atoms with Crippen molar-refractivity contribution < 1.29 is 27.4 Å². The third-order valence-corrected chi connectivity index (χ3v) is 3.61. The molecule has 0 saturated carbocycles. The number of ether oxygens (including phenoxy) is 2. The van der Waals surface area contributed by atoms with Gasteiger partial charge in [0, 0.05) is 12.5 Å². The first-order valence-electron chi connectivity index (χ1n) is 7.54. The maximum Gasteiger partial charge on any atom is 0.573 e. The van der Waals surface area contributed by atoms with Gasteiger partial charge in [0.15, 0.2) is 6.23 Å². The second kappa shape index (κ2) is 6.60. The number of hydrogen-bond donors (Lipinski definition) is 2. The number of rotatable bonds is 3. The predicted octanol–water partition coefficient (Wildman–Crippen LogP) is 2.86. The molecule has 3 N–H and O–H groups in total. The number of carbonyl (C=O) groups is 1. The Balaban J connectivity index is 2.01. The van der Waals surface area contributed by atoms with Crippen molar-refractivity contribution in [3.05, 3.63) is 29.8 Å². The molecule has 1 aromatic carbocycles. The average molecular weight is 346 g/mol. The fraction of sp³-hybridized carbons (Fsp3) is 0.562. The Labute approximate surface area is 138 Å². The maximum atomic E-state index is 12.2. The number of alkyl halides is 3. The molecular formula is C16H21F3N2O3. The van der Waals surface area contributed by atoms with Gasteiger partial charge in [0.2, 0.25) is 0 Å². The van der Waals surface area contributed by atoms with E-state index in [0.717, 1.165) is 0 Å². The highest BCUT2D eigenvalue weighted by molar-refractivity contribution is 5.75. The summed E-state index contributed by atoms with van der Waals surface area (Å²) in [5.74, 6) is -0.643. The van der Waals surface area contributed by atoms with Gasteiger partial charge in [-0.3, -0.25) is 10.1 Å². The number of nitrogens with two attached hydrogens (primary N) is 1. The molecule has 2 rings (SSSR count). The quantitative estimate of drug-likeness (QED) is 0.824. The van der Waals surface area contributed by atoms with Crippen LogP contribution in [-0.4, -0.2) is 24.6 Å². The third-order valence-electron chi connectivity index (χ3n) is 3.61. The van der Waals surface area contributed by atoms with Crippen LogP contribution >= 0.6 is 0 Å². The Morgan fingerprint density at radius 1 is 1.21 bits per heavy atom. The van der Waals surface area contributed by atoms with Crippen LogP contribution in [0.3, 0.4) is 0 Å². The zero-order chi connectivity index (χ0) is 18.1. The van der Waals surface area contributed by atoms with Crippen LogP contribution in [0.2, 0.25) is 0 Å². The number of hydrogen-bond acceptors (Lipinski definition) is 5. The van der Waals surface area contributed by atoms with Crippen molar-refractivity contribution in [2.45, 2.75) is 51.9 Å². The molecule has 1 aromatic rings. The molecule has 1 fully saturated rings. The van der Waals surface area contributed by atoms with E-state index in [9.17, 15) is 18.0 Å². The van der Waals surface area contributed by atoms with Gasteiger partial charge in [0.25, 0.3) is 0 Å². The minimum atomic E-state index is -4.73. The molecule has 3 atom stereocenters. The highest BCUT2D eigenvalue weighted by Gasteiger charge is 2.36. The van der Waals surface area contributed by atoms with Gasteiger partial charge >= 0.3 is 12.3 Å². The van der Waals surface area contributed by atoms with Crippen LogP contribution < -0.4 is 15.8 Å². The number of esters is 1. The Kier molecular flexibility index (Phi) is 5.10. The molecule has 0 spiro atoms. The molecule has 0 aliphatic carbocycles. The summed E-state index contributed by atoms with van der Waals surface area (Å²) in [6.07, 6.45) is -4.83. The van der Waals surface area contributed by atoms with E-state index in [0.29, 0.717) is 12.0 Å². The Morgan fingerprint density at radius 2 is 1.79 bits per heavy atom. The van der Waals surface area contributed by atoms with Gasteiger partial charge in [-0.2, -0.15) is 0 Å². The van der Waals surface area contributed by atoms with Crippen molar-refractivity contribution in [2.75, 3.05) is 0 Å². The van der Waals surface area contributed by atoms with Crippen LogP contribution in [0.5, 0.6) is 5.75 Å². The number of halogens is 3. The smallest absolute Gasteiger partial charge is 0.446 e. The average Bonchev–Trinajstić information content (AvgIpc) is 2.77. The van der Waals surface area contributed by atoms with Gasteiger partial charge in [0.1, 0.15) is 5.75 Å². The van der Waals surface area contributed by atoms with Crippen molar-refractivity contribution in [1.29, 1.82) is 0 Å². The van der Waals surface area contributed by atoms with Gasteiger partial charge in [-0.25, -0.2) is 0 Å². The Bertz CT molecular complexity index is 582. The van der Waals surface area contributed by atoms with E-state index >= 15 is 0 Å². The van der Waals surface area contributed by atoms with Crippen molar-refractivity contribution in [3.63, 3.8) is 0 Å². The molecule has 24 heavy (non-hydrogen) atoms. The van der Waals surface area contributed by atoms with Crippen LogP contribution in [0.1, 0.15) is 38.8 Å². The molecule has 1 aliphatic rings. The van der Waals surface area contributed by atoms with Crippen molar-refractivity contribution in [2.24, 2.45) is 11.1 Å². The first-order chi connectivity index (χ1) is 11.0. The normalized spacial score (nSPS) is 24.7. The summed E-state index contributed by atoms with van der Waals surface area (Å²) in [6, 6.07) is 4.83. The lowest BCUT2D eigenvalue weighted by atomic mass is 9.97. The van der Waals surface area contributed by atoms with Crippen LogP contribution in [0.15, 0.2) is 24.3 Å². The van der Waals surface area contributed by atoms with Gasteiger partial charge in [-0.15, -0.1) is 13.2 Å². The van der Waals surface area contributed by atoms with Crippen LogP contribution in [0.4, 0.5) is 13.2 Å². The highest BCUT2D eigenvalue weighted by Crippen LogP contribution is 2.30. The Hall–Kier alpha value is -1.80. The molecule has 1 saturated heterocycles. The number of nitrogens with one attached hydrogen (secondary N) is 1. The number of benzene rings is 1. The van der Waals surface area contributed by atoms with E-state index < -0.39 is 18.0 Å². The molecular weight excluding hydrogens is 325 g/mol.